The number of rotatable bonds is 6. The minimum atomic E-state index is -0.128. The van der Waals surface area contributed by atoms with Crippen molar-refractivity contribution in [2.24, 2.45) is 0 Å². The van der Waals surface area contributed by atoms with Crippen LogP contribution in [0.15, 0.2) is 0 Å². The third-order valence-electron chi connectivity index (χ3n) is 3.24. The minimum Gasteiger partial charge on any atom is -0.351 e. The van der Waals surface area contributed by atoms with Crippen molar-refractivity contribution in [1.82, 2.24) is 20.4 Å². The van der Waals surface area contributed by atoms with Gasteiger partial charge in [0.2, 0.25) is 5.91 Å². The lowest BCUT2D eigenvalue weighted by Crippen LogP contribution is -2.46. The lowest BCUT2D eigenvalue weighted by molar-refractivity contribution is -0.122. The summed E-state index contributed by atoms with van der Waals surface area (Å²) in [4.78, 5) is 16.4. The van der Waals surface area contributed by atoms with E-state index in [1.54, 1.807) is 0 Å². The predicted octanol–water partition coefficient (Wildman–Crippen LogP) is 0.128. The van der Waals surface area contributed by atoms with Crippen LogP contribution in [0, 0.1) is 0 Å². The van der Waals surface area contributed by atoms with Crippen molar-refractivity contribution in [2.45, 2.75) is 32.7 Å². The maximum atomic E-state index is 11.6. The molecule has 19 heavy (non-hydrogen) atoms. The minimum absolute atomic E-state index is 0.125. The second-order valence-electron chi connectivity index (χ2n) is 6.44. The van der Waals surface area contributed by atoms with Gasteiger partial charge < -0.3 is 15.5 Å². The number of nitrogens with one attached hydrogen (secondary N) is 2. The van der Waals surface area contributed by atoms with E-state index in [2.05, 4.69) is 27.5 Å². The fourth-order valence-corrected chi connectivity index (χ4v) is 2.12. The SMILES string of the molecule is CN1CCN(CCNCCC(=O)NC(C)(C)C)CC1. The number of amides is 1. The quantitative estimate of drug-likeness (QED) is 0.674. The standard InChI is InChI=1S/C14H30N4O/c1-14(2,3)16-13(19)5-6-15-7-8-18-11-9-17(4)10-12-18/h15H,5-12H2,1-4H3,(H,16,19). The molecule has 1 fully saturated rings. The monoisotopic (exact) mass is 270 g/mol. The summed E-state index contributed by atoms with van der Waals surface area (Å²) in [5, 5.41) is 6.31. The Morgan fingerprint density at radius 3 is 2.32 bits per heavy atom. The Balaban J connectivity index is 1.98. The van der Waals surface area contributed by atoms with Crippen molar-refractivity contribution in [3.63, 3.8) is 0 Å². The van der Waals surface area contributed by atoms with Crippen molar-refractivity contribution in [3.8, 4) is 0 Å². The van der Waals surface area contributed by atoms with Crippen LogP contribution in [-0.2, 0) is 4.79 Å². The van der Waals surface area contributed by atoms with Gasteiger partial charge in [0.1, 0.15) is 0 Å². The average molecular weight is 270 g/mol. The smallest absolute Gasteiger partial charge is 0.221 e. The molecule has 0 bridgehead atoms. The van der Waals surface area contributed by atoms with Gasteiger partial charge in [0.15, 0.2) is 0 Å². The lowest BCUT2D eigenvalue weighted by Gasteiger charge is -2.32. The first-order chi connectivity index (χ1) is 8.87. The molecule has 0 atom stereocenters. The van der Waals surface area contributed by atoms with Crippen LogP contribution in [0.3, 0.4) is 0 Å². The number of piperazine rings is 1. The highest BCUT2D eigenvalue weighted by molar-refractivity contribution is 5.76. The first-order valence-corrected chi connectivity index (χ1v) is 7.29. The molecule has 0 aromatic heterocycles. The molecule has 0 spiro atoms. The summed E-state index contributed by atoms with van der Waals surface area (Å²) in [6, 6.07) is 0. The largest absolute Gasteiger partial charge is 0.351 e. The van der Waals surface area contributed by atoms with Gasteiger partial charge in [-0.1, -0.05) is 0 Å². The Morgan fingerprint density at radius 1 is 1.11 bits per heavy atom. The highest BCUT2D eigenvalue weighted by Gasteiger charge is 2.14. The van der Waals surface area contributed by atoms with Crippen LogP contribution in [0.5, 0.6) is 0 Å². The Morgan fingerprint density at radius 2 is 1.74 bits per heavy atom. The normalized spacial score (nSPS) is 18.5. The molecule has 5 nitrogen and oxygen atoms in total. The van der Waals surface area contributed by atoms with Crippen LogP contribution >= 0.6 is 0 Å². The zero-order valence-electron chi connectivity index (χ0n) is 13.0. The third kappa shape index (κ3) is 8.18. The van der Waals surface area contributed by atoms with Crippen LogP contribution < -0.4 is 10.6 Å². The molecule has 0 unspecified atom stereocenters. The van der Waals surface area contributed by atoms with Crippen LogP contribution in [-0.4, -0.2) is 74.1 Å². The van der Waals surface area contributed by atoms with E-state index in [0.29, 0.717) is 6.42 Å². The molecule has 112 valence electrons. The van der Waals surface area contributed by atoms with E-state index >= 15 is 0 Å². The summed E-state index contributed by atoms with van der Waals surface area (Å²) in [6.07, 6.45) is 0.556. The summed E-state index contributed by atoms with van der Waals surface area (Å²) in [5.74, 6) is 0.125. The number of nitrogens with zero attached hydrogens (tertiary/aromatic N) is 2. The molecule has 0 aromatic rings. The molecule has 5 heteroatoms. The van der Waals surface area contributed by atoms with Gasteiger partial charge in [-0.25, -0.2) is 0 Å². The average Bonchev–Trinajstić information content (AvgIpc) is 2.29. The molecule has 1 saturated heterocycles. The molecule has 0 saturated carbocycles. The van der Waals surface area contributed by atoms with E-state index in [-0.39, 0.29) is 11.4 Å². The Bertz CT molecular complexity index is 267. The summed E-state index contributed by atoms with van der Waals surface area (Å²) in [7, 11) is 2.17. The van der Waals surface area contributed by atoms with Gasteiger partial charge in [-0.15, -0.1) is 0 Å². The van der Waals surface area contributed by atoms with Crippen molar-refractivity contribution in [3.05, 3.63) is 0 Å². The Labute approximate surface area is 117 Å². The van der Waals surface area contributed by atoms with Gasteiger partial charge in [0, 0.05) is 57.8 Å². The highest BCUT2D eigenvalue weighted by Crippen LogP contribution is 1.99. The second-order valence-corrected chi connectivity index (χ2v) is 6.44. The van der Waals surface area contributed by atoms with Crippen LogP contribution in [0.2, 0.25) is 0 Å². The van der Waals surface area contributed by atoms with Gasteiger partial charge >= 0.3 is 0 Å². The Hall–Kier alpha value is -0.650. The van der Waals surface area contributed by atoms with Crippen molar-refractivity contribution in [1.29, 1.82) is 0 Å². The molecule has 1 heterocycles. The molecule has 0 aromatic carbocycles. The van der Waals surface area contributed by atoms with Gasteiger partial charge in [0.25, 0.3) is 0 Å². The Kier molecular flexibility index (Phi) is 6.75. The van der Waals surface area contributed by atoms with Gasteiger partial charge in [-0.2, -0.15) is 0 Å². The predicted molar refractivity (Wildman–Crippen MR) is 79.3 cm³/mol. The van der Waals surface area contributed by atoms with Crippen molar-refractivity contribution in [2.75, 3.05) is 52.9 Å². The van der Waals surface area contributed by atoms with Crippen LogP contribution in [0.25, 0.3) is 0 Å². The molecular weight excluding hydrogens is 240 g/mol. The van der Waals surface area contributed by atoms with E-state index in [0.717, 1.165) is 45.8 Å². The van der Waals surface area contributed by atoms with E-state index in [4.69, 9.17) is 0 Å². The van der Waals surface area contributed by atoms with Gasteiger partial charge in [-0.3, -0.25) is 9.69 Å². The third-order valence-corrected chi connectivity index (χ3v) is 3.24. The van der Waals surface area contributed by atoms with Crippen LogP contribution in [0.1, 0.15) is 27.2 Å². The lowest BCUT2D eigenvalue weighted by atomic mass is 10.1. The summed E-state index contributed by atoms with van der Waals surface area (Å²) in [6.45, 7) is 13.5. The molecule has 1 aliphatic rings. The topological polar surface area (TPSA) is 47.6 Å². The van der Waals surface area contributed by atoms with Crippen molar-refractivity contribution >= 4 is 5.91 Å². The molecule has 1 rings (SSSR count). The fourth-order valence-electron chi connectivity index (χ4n) is 2.12. The van der Waals surface area contributed by atoms with E-state index in [1.807, 2.05) is 20.8 Å². The molecular formula is C14H30N4O. The van der Waals surface area contributed by atoms with Gasteiger partial charge in [-0.05, 0) is 27.8 Å². The van der Waals surface area contributed by atoms with Crippen LogP contribution in [0.4, 0.5) is 0 Å². The maximum Gasteiger partial charge on any atom is 0.221 e. The van der Waals surface area contributed by atoms with Gasteiger partial charge in [0.05, 0.1) is 0 Å². The molecule has 1 amide bonds. The first kappa shape index (κ1) is 16.4. The first-order valence-electron chi connectivity index (χ1n) is 7.29. The van der Waals surface area contributed by atoms with E-state index in [1.165, 1.54) is 0 Å². The van der Waals surface area contributed by atoms with Crippen molar-refractivity contribution < 1.29 is 4.79 Å². The van der Waals surface area contributed by atoms with E-state index in [9.17, 15) is 4.79 Å². The second kappa shape index (κ2) is 7.82. The summed E-state index contributed by atoms with van der Waals surface area (Å²) in [5.41, 5.74) is -0.128. The number of hydrogen-bond acceptors (Lipinski definition) is 4. The van der Waals surface area contributed by atoms with E-state index < -0.39 is 0 Å². The maximum absolute atomic E-state index is 11.6. The zero-order valence-corrected chi connectivity index (χ0v) is 13.0. The number of hydrogen-bond donors (Lipinski definition) is 2. The summed E-state index contributed by atoms with van der Waals surface area (Å²) < 4.78 is 0. The fraction of sp³-hybridized carbons (Fsp3) is 0.929. The molecule has 1 aliphatic heterocycles. The molecule has 0 radical (unpaired) electrons. The number of carbonyl (C=O) groups excluding carboxylic acids is 1. The summed E-state index contributed by atoms with van der Waals surface area (Å²) >= 11 is 0. The molecule has 2 N–H and O–H groups in total. The zero-order chi connectivity index (χ0) is 14.3. The molecule has 0 aliphatic carbocycles. The number of likely N-dealkylation sites (N-methyl/N-ethyl adjacent to an activating group) is 1. The highest BCUT2D eigenvalue weighted by atomic mass is 16.1. The number of carbonyl (C=O) groups is 1.